The van der Waals surface area contributed by atoms with E-state index in [0.29, 0.717) is 11.3 Å². The average Bonchev–Trinajstić information content (AvgIpc) is 2.28. The van der Waals surface area contributed by atoms with Gasteiger partial charge in [-0.15, -0.1) is 0 Å². The zero-order chi connectivity index (χ0) is 12.3. The zero-order valence-electron chi connectivity index (χ0n) is 10.1. The fourth-order valence-electron chi connectivity index (χ4n) is 1.38. The zero-order valence-corrected chi connectivity index (χ0v) is 11.7. The van der Waals surface area contributed by atoms with Crippen LogP contribution < -0.4 is 4.74 Å². The SMILES string of the molecule is CCC(C)(C)C(=O)c1cc(Br)ccc1OC. The van der Waals surface area contributed by atoms with Crippen LogP contribution in [0.4, 0.5) is 0 Å². The fourth-order valence-corrected chi connectivity index (χ4v) is 1.74. The lowest BCUT2D eigenvalue weighted by Crippen LogP contribution is -2.23. The Morgan fingerprint density at radius 1 is 1.44 bits per heavy atom. The summed E-state index contributed by atoms with van der Waals surface area (Å²) in [6.07, 6.45) is 0.807. The minimum atomic E-state index is -0.353. The third kappa shape index (κ3) is 2.64. The van der Waals surface area contributed by atoms with Crippen LogP contribution in [0.25, 0.3) is 0 Å². The van der Waals surface area contributed by atoms with Crippen molar-refractivity contribution in [1.29, 1.82) is 0 Å². The highest BCUT2D eigenvalue weighted by Gasteiger charge is 2.28. The number of benzene rings is 1. The van der Waals surface area contributed by atoms with Crippen molar-refractivity contribution in [3.05, 3.63) is 28.2 Å². The number of Topliss-reactive ketones (excluding diaryl/α,β-unsaturated/α-hetero) is 1. The molecule has 16 heavy (non-hydrogen) atoms. The Labute approximate surface area is 105 Å². The molecular formula is C13H17BrO2. The second-order valence-electron chi connectivity index (χ2n) is 4.41. The lowest BCUT2D eigenvalue weighted by atomic mass is 9.82. The van der Waals surface area contributed by atoms with Gasteiger partial charge in [0.05, 0.1) is 12.7 Å². The quantitative estimate of drug-likeness (QED) is 0.779. The van der Waals surface area contributed by atoms with Gasteiger partial charge in [-0.05, 0) is 24.6 Å². The van der Waals surface area contributed by atoms with Gasteiger partial charge in [0.15, 0.2) is 5.78 Å². The molecule has 0 aliphatic heterocycles. The van der Waals surface area contributed by atoms with E-state index in [1.165, 1.54) is 0 Å². The van der Waals surface area contributed by atoms with Crippen molar-refractivity contribution in [2.45, 2.75) is 27.2 Å². The summed E-state index contributed by atoms with van der Waals surface area (Å²) in [5.74, 6) is 0.753. The highest BCUT2D eigenvalue weighted by molar-refractivity contribution is 9.10. The minimum Gasteiger partial charge on any atom is -0.496 e. The molecule has 88 valence electrons. The van der Waals surface area contributed by atoms with E-state index in [1.54, 1.807) is 7.11 Å². The second-order valence-corrected chi connectivity index (χ2v) is 5.33. The van der Waals surface area contributed by atoms with Gasteiger partial charge in [0.25, 0.3) is 0 Å². The van der Waals surface area contributed by atoms with Gasteiger partial charge in [-0.25, -0.2) is 0 Å². The molecule has 0 fully saturated rings. The van der Waals surface area contributed by atoms with Gasteiger partial charge in [0.2, 0.25) is 0 Å². The molecule has 0 aliphatic rings. The highest BCUT2D eigenvalue weighted by Crippen LogP contribution is 2.31. The van der Waals surface area contributed by atoms with E-state index in [4.69, 9.17) is 4.74 Å². The average molecular weight is 285 g/mol. The van der Waals surface area contributed by atoms with E-state index in [2.05, 4.69) is 15.9 Å². The maximum Gasteiger partial charge on any atom is 0.172 e. The van der Waals surface area contributed by atoms with Crippen LogP contribution in [0.2, 0.25) is 0 Å². The van der Waals surface area contributed by atoms with E-state index in [0.717, 1.165) is 10.9 Å². The van der Waals surface area contributed by atoms with E-state index in [1.807, 2.05) is 39.0 Å². The number of hydrogen-bond donors (Lipinski definition) is 0. The molecule has 0 heterocycles. The molecule has 0 aromatic heterocycles. The van der Waals surface area contributed by atoms with Crippen LogP contribution in [0.5, 0.6) is 5.75 Å². The standard InChI is InChI=1S/C13H17BrO2/c1-5-13(2,3)12(15)10-8-9(14)6-7-11(10)16-4/h6-8H,5H2,1-4H3. The second kappa shape index (κ2) is 5.00. The Bertz CT molecular complexity index is 397. The molecule has 0 saturated heterocycles. The summed E-state index contributed by atoms with van der Waals surface area (Å²) in [5.41, 5.74) is 0.289. The number of rotatable bonds is 4. The maximum absolute atomic E-state index is 12.3. The lowest BCUT2D eigenvalue weighted by Gasteiger charge is -2.22. The van der Waals surface area contributed by atoms with Gasteiger partial charge >= 0.3 is 0 Å². The Hall–Kier alpha value is -0.830. The van der Waals surface area contributed by atoms with Crippen LogP contribution >= 0.6 is 15.9 Å². The summed E-state index contributed by atoms with van der Waals surface area (Å²) >= 11 is 3.37. The third-order valence-corrected chi connectivity index (χ3v) is 3.40. The molecule has 2 nitrogen and oxygen atoms in total. The summed E-state index contributed by atoms with van der Waals surface area (Å²) in [4.78, 5) is 12.3. The molecule has 0 N–H and O–H groups in total. The van der Waals surface area contributed by atoms with Crippen molar-refractivity contribution in [3.8, 4) is 5.75 Å². The predicted octanol–water partition coefficient (Wildman–Crippen LogP) is 4.08. The number of carbonyl (C=O) groups is 1. The molecule has 3 heteroatoms. The summed E-state index contributed by atoms with van der Waals surface area (Å²) in [6, 6.07) is 5.50. The van der Waals surface area contributed by atoms with E-state index in [-0.39, 0.29) is 11.2 Å². The molecule has 0 saturated carbocycles. The third-order valence-electron chi connectivity index (χ3n) is 2.90. The van der Waals surface area contributed by atoms with Crippen LogP contribution in [0.3, 0.4) is 0 Å². The number of methoxy groups -OCH3 is 1. The first kappa shape index (κ1) is 13.2. The van der Waals surface area contributed by atoms with Crippen LogP contribution in [-0.4, -0.2) is 12.9 Å². The van der Waals surface area contributed by atoms with Crippen molar-refractivity contribution >= 4 is 21.7 Å². The van der Waals surface area contributed by atoms with Crippen LogP contribution in [0.15, 0.2) is 22.7 Å². The number of hydrogen-bond acceptors (Lipinski definition) is 2. The van der Waals surface area contributed by atoms with Crippen molar-refractivity contribution in [3.63, 3.8) is 0 Å². The van der Waals surface area contributed by atoms with Gasteiger partial charge in [-0.2, -0.15) is 0 Å². The Morgan fingerprint density at radius 3 is 2.56 bits per heavy atom. The van der Waals surface area contributed by atoms with Gasteiger partial charge in [0, 0.05) is 9.89 Å². The van der Waals surface area contributed by atoms with Crippen LogP contribution in [-0.2, 0) is 0 Å². The molecule has 0 radical (unpaired) electrons. The molecule has 0 bridgehead atoms. The number of ether oxygens (including phenoxy) is 1. The summed E-state index contributed by atoms with van der Waals surface area (Å²) in [5, 5.41) is 0. The molecule has 0 amide bonds. The first-order valence-corrected chi connectivity index (χ1v) is 6.10. The number of ketones is 1. The maximum atomic E-state index is 12.3. The summed E-state index contributed by atoms with van der Waals surface area (Å²) in [7, 11) is 1.58. The molecule has 0 spiro atoms. The minimum absolute atomic E-state index is 0.119. The monoisotopic (exact) mass is 284 g/mol. The molecule has 0 unspecified atom stereocenters. The van der Waals surface area contributed by atoms with Crippen molar-refractivity contribution in [1.82, 2.24) is 0 Å². The normalized spacial score (nSPS) is 11.3. The molecule has 1 rings (SSSR count). The van der Waals surface area contributed by atoms with Crippen molar-refractivity contribution < 1.29 is 9.53 Å². The summed E-state index contributed by atoms with van der Waals surface area (Å²) in [6.45, 7) is 5.92. The Balaban J connectivity index is 3.21. The molecule has 0 aliphatic carbocycles. The van der Waals surface area contributed by atoms with Crippen LogP contribution in [0, 0.1) is 5.41 Å². The van der Waals surface area contributed by atoms with E-state index < -0.39 is 0 Å². The van der Waals surface area contributed by atoms with Gasteiger partial charge in [-0.3, -0.25) is 4.79 Å². The molecule has 1 aromatic carbocycles. The van der Waals surface area contributed by atoms with Gasteiger partial charge in [-0.1, -0.05) is 36.7 Å². The largest absolute Gasteiger partial charge is 0.496 e. The topological polar surface area (TPSA) is 26.3 Å². The summed E-state index contributed by atoms with van der Waals surface area (Å²) < 4.78 is 6.11. The van der Waals surface area contributed by atoms with Crippen molar-refractivity contribution in [2.24, 2.45) is 5.41 Å². The lowest BCUT2D eigenvalue weighted by molar-refractivity contribution is 0.0829. The predicted molar refractivity (Wildman–Crippen MR) is 69.1 cm³/mol. The van der Waals surface area contributed by atoms with Crippen LogP contribution in [0.1, 0.15) is 37.6 Å². The highest BCUT2D eigenvalue weighted by atomic mass is 79.9. The number of carbonyl (C=O) groups excluding carboxylic acids is 1. The van der Waals surface area contributed by atoms with Gasteiger partial charge in [0.1, 0.15) is 5.75 Å². The smallest absolute Gasteiger partial charge is 0.172 e. The fraction of sp³-hybridized carbons (Fsp3) is 0.462. The number of halogens is 1. The van der Waals surface area contributed by atoms with Crippen molar-refractivity contribution in [2.75, 3.05) is 7.11 Å². The van der Waals surface area contributed by atoms with Gasteiger partial charge < -0.3 is 4.74 Å². The van der Waals surface area contributed by atoms with E-state index >= 15 is 0 Å². The Morgan fingerprint density at radius 2 is 2.06 bits per heavy atom. The first-order valence-electron chi connectivity index (χ1n) is 5.30. The molecule has 0 atom stereocenters. The first-order chi connectivity index (χ1) is 7.42. The Kier molecular flexibility index (Phi) is 4.14. The van der Waals surface area contributed by atoms with E-state index in [9.17, 15) is 4.79 Å². The molecular weight excluding hydrogens is 268 g/mol. The molecule has 1 aromatic rings.